The average molecular weight is 400 g/mol. The van der Waals surface area contributed by atoms with Gasteiger partial charge in [-0.25, -0.2) is 0 Å². The smallest absolute Gasteiger partial charge is 0.191 e. The molecule has 1 aromatic carbocycles. The van der Waals surface area contributed by atoms with E-state index in [0.717, 1.165) is 64.1 Å². The lowest BCUT2D eigenvalue weighted by atomic mass is 10.0. The van der Waals surface area contributed by atoms with Crippen LogP contribution in [0, 0.1) is 6.92 Å². The highest BCUT2D eigenvalue weighted by Gasteiger charge is 2.22. The average Bonchev–Trinajstić information content (AvgIpc) is 3.22. The van der Waals surface area contributed by atoms with Gasteiger partial charge in [-0.3, -0.25) is 9.89 Å². The molecule has 1 atom stereocenters. The number of morpholine rings is 1. The number of nitrogens with one attached hydrogen (secondary N) is 2. The van der Waals surface area contributed by atoms with E-state index < -0.39 is 0 Å². The van der Waals surface area contributed by atoms with Gasteiger partial charge in [0.15, 0.2) is 5.96 Å². The molecule has 8 heteroatoms. The van der Waals surface area contributed by atoms with Gasteiger partial charge in [-0.05, 0) is 12.5 Å². The zero-order valence-corrected chi connectivity index (χ0v) is 17.8. The minimum Gasteiger partial charge on any atom is -0.379 e. The van der Waals surface area contributed by atoms with Gasteiger partial charge in [0.2, 0.25) is 0 Å². The van der Waals surface area contributed by atoms with Gasteiger partial charge in [0.05, 0.1) is 19.3 Å². The fourth-order valence-corrected chi connectivity index (χ4v) is 3.58. The summed E-state index contributed by atoms with van der Waals surface area (Å²) in [4.78, 5) is 6.87. The maximum absolute atomic E-state index is 5.55. The Morgan fingerprint density at radius 3 is 2.66 bits per heavy atom. The van der Waals surface area contributed by atoms with E-state index in [4.69, 9.17) is 4.74 Å². The monoisotopic (exact) mass is 399 g/mol. The molecular weight excluding hydrogens is 366 g/mol. The molecule has 1 aliphatic rings. The maximum Gasteiger partial charge on any atom is 0.191 e. The summed E-state index contributed by atoms with van der Waals surface area (Å²) in [7, 11) is 1.81. The van der Waals surface area contributed by atoms with Crippen LogP contribution in [0.3, 0.4) is 0 Å². The van der Waals surface area contributed by atoms with E-state index in [0.29, 0.717) is 0 Å². The normalized spacial score (nSPS) is 16.6. The largest absolute Gasteiger partial charge is 0.379 e. The first kappa shape index (κ1) is 21.3. The summed E-state index contributed by atoms with van der Waals surface area (Å²) in [5.41, 5.74) is 2.60. The molecule has 2 heterocycles. The van der Waals surface area contributed by atoms with Gasteiger partial charge in [0, 0.05) is 46.2 Å². The lowest BCUT2D eigenvalue weighted by molar-refractivity contribution is 0.0170. The molecule has 29 heavy (non-hydrogen) atoms. The number of nitrogens with zero attached hydrogens (tertiary/aromatic N) is 5. The van der Waals surface area contributed by atoms with Crippen molar-refractivity contribution in [1.82, 2.24) is 30.3 Å². The first-order chi connectivity index (χ1) is 14.2. The van der Waals surface area contributed by atoms with E-state index in [9.17, 15) is 0 Å². The van der Waals surface area contributed by atoms with Gasteiger partial charge < -0.3 is 19.9 Å². The van der Waals surface area contributed by atoms with Crippen LogP contribution in [0.1, 0.15) is 29.9 Å². The molecule has 1 aromatic heterocycles. The van der Waals surface area contributed by atoms with Crippen molar-refractivity contribution in [2.45, 2.75) is 32.9 Å². The van der Waals surface area contributed by atoms with Gasteiger partial charge in [0.1, 0.15) is 12.2 Å². The highest BCUT2D eigenvalue weighted by molar-refractivity contribution is 5.79. The van der Waals surface area contributed by atoms with E-state index in [1.807, 2.05) is 0 Å². The van der Waals surface area contributed by atoms with E-state index in [1.54, 1.807) is 13.4 Å². The highest BCUT2D eigenvalue weighted by Crippen LogP contribution is 2.21. The van der Waals surface area contributed by atoms with Crippen molar-refractivity contribution in [3.05, 3.63) is 47.5 Å². The van der Waals surface area contributed by atoms with Crippen LogP contribution in [0.5, 0.6) is 0 Å². The van der Waals surface area contributed by atoms with Gasteiger partial charge in [-0.15, -0.1) is 10.2 Å². The van der Waals surface area contributed by atoms with Gasteiger partial charge in [0.25, 0.3) is 0 Å². The molecule has 0 saturated carbocycles. The van der Waals surface area contributed by atoms with Gasteiger partial charge >= 0.3 is 0 Å². The summed E-state index contributed by atoms with van der Waals surface area (Å²) >= 11 is 0. The Kier molecular flexibility index (Phi) is 8.01. The molecule has 2 N–H and O–H groups in total. The second-order valence-electron chi connectivity index (χ2n) is 7.25. The summed E-state index contributed by atoms with van der Waals surface area (Å²) in [6.07, 6.45) is 2.66. The van der Waals surface area contributed by atoms with Crippen LogP contribution in [-0.4, -0.2) is 72.1 Å². The lowest BCUT2D eigenvalue weighted by Gasteiger charge is -2.35. The second kappa shape index (κ2) is 10.9. The van der Waals surface area contributed by atoms with Crippen LogP contribution in [0.25, 0.3) is 0 Å². The van der Waals surface area contributed by atoms with Gasteiger partial charge in [-0.1, -0.05) is 36.8 Å². The Bertz CT molecular complexity index is 766. The van der Waals surface area contributed by atoms with Crippen molar-refractivity contribution in [1.29, 1.82) is 0 Å². The molecule has 1 unspecified atom stereocenters. The predicted molar refractivity (Wildman–Crippen MR) is 115 cm³/mol. The summed E-state index contributed by atoms with van der Waals surface area (Å²) in [6, 6.07) is 9.10. The number of aryl methyl sites for hydroxylation is 2. The lowest BCUT2D eigenvalue weighted by Crippen LogP contribution is -2.46. The van der Waals surface area contributed by atoms with Gasteiger partial charge in [-0.2, -0.15) is 0 Å². The fourth-order valence-electron chi connectivity index (χ4n) is 3.58. The molecule has 0 radical (unpaired) electrons. The SMILES string of the molecule is CCc1nncn1CCNC(=NC)NCC(c1ccc(C)cc1)N1CCOCC1. The van der Waals surface area contributed by atoms with E-state index in [2.05, 4.69) is 73.4 Å². The Labute approximate surface area is 173 Å². The van der Waals surface area contributed by atoms with E-state index in [1.165, 1.54) is 11.1 Å². The van der Waals surface area contributed by atoms with Crippen LogP contribution >= 0.6 is 0 Å². The molecule has 3 rings (SSSR count). The summed E-state index contributed by atoms with van der Waals surface area (Å²) in [5.74, 6) is 1.81. The van der Waals surface area contributed by atoms with Crippen molar-refractivity contribution in [3.63, 3.8) is 0 Å². The predicted octanol–water partition coefficient (Wildman–Crippen LogP) is 1.39. The Morgan fingerprint density at radius 1 is 1.21 bits per heavy atom. The Hall–Kier alpha value is -2.45. The summed E-state index contributed by atoms with van der Waals surface area (Å²) in [5, 5.41) is 15.0. The van der Waals surface area contributed by atoms with Crippen molar-refractivity contribution in [2.75, 3.05) is 46.4 Å². The van der Waals surface area contributed by atoms with Crippen LogP contribution in [0.15, 0.2) is 35.6 Å². The van der Waals surface area contributed by atoms with Crippen LogP contribution in [0.2, 0.25) is 0 Å². The van der Waals surface area contributed by atoms with Crippen molar-refractivity contribution in [2.24, 2.45) is 4.99 Å². The molecular formula is C21H33N7O. The number of benzene rings is 1. The molecule has 0 bridgehead atoms. The number of hydrogen-bond donors (Lipinski definition) is 2. The molecule has 1 fully saturated rings. The van der Waals surface area contributed by atoms with E-state index in [-0.39, 0.29) is 6.04 Å². The van der Waals surface area contributed by atoms with Crippen LogP contribution in [0.4, 0.5) is 0 Å². The first-order valence-electron chi connectivity index (χ1n) is 10.4. The molecule has 8 nitrogen and oxygen atoms in total. The molecule has 158 valence electrons. The number of rotatable bonds is 8. The van der Waals surface area contributed by atoms with Crippen molar-refractivity contribution >= 4 is 5.96 Å². The highest BCUT2D eigenvalue weighted by atomic mass is 16.5. The maximum atomic E-state index is 5.55. The third-order valence-electron chi connectivity index (χ3n) is 5.29. The fraction of sp³-hybridized carbons (Fsp3) is 0.571. The molecule has 0 aliphatic carbocycles. The summed E-state index contributed by atoms with van der Waals surface area (Å²) < 4.78 is 7.62. The molecule has 1 saturated heterocycles. The van der Waals surface area contributed by atoms with E-state index >= 15 is 0 Å². The third kappa shape index (κ3) is 6.01. The van der Waals surface area contributed by atoms with Crippen molar-refractivity contribution < 1.29 is 4.74 Å². The molecule has 1 aliphatic heterocycles. The number of aromatic nitrogens is 3. The van der Waals surface area contributed by atoms with Crippen molar-refractivity contribution in [3.8, 4) is 0 Å². The number of aliphatic imine (C=N–C) groups is 1. The van der Waals surface area contributed by atoms with Crippen LogP contribution < -0.4 is 10.6 Å². The molecule has 0 amide bonds. The topological polar surface area (TPSA) is 79.6 Å². The number of guanidine groups is 1. The third-order valence-corrected chi connectivity index (χ3v) is 5.29. The second-order valence-corrected chi connectivity index (χ2v) is 7.25. The first-order valence-corrected chi connectivity index (χ1v) is 10.4. The zero-order valence-electron chi connectivity index (χ0n) is 17.8. The number of ether oxygens (including phenoxy) is 1. The standard InChI is InChI=1S/C21H33N7O/c1-4-20-26-25-16-28(20)10-9-23-21(22-3)24-15-19(27-11-13-29-14-12-27)18-7-5-17(2)6-8-18/h5-8,16,19H,4,9-15H2,1-3H3,(H2,22,23,24). The molecule has 2 aromatic rings. The van der Waals surface area contributed by atoms with Crippen LogP contribution in [-0.2, 0) is 17.7 Å². The quantitative estimate of drug-likeness (QED) is 0.516. The number of hydrogen-bond acceptors (Lipinski definition) is 5. The minimum atomic E-state index is 0.280. The minimum absolute atomic E-state index is 0.280. The zero-order chi connectivity index (χ0) is 20.5. The Morgan fingerprint density at radius 2 is 1.97 bits per heavy atom. The molecule has 0 spiro atoms. The summed E-state index contributed by atoms with van der Waals surface area (Å²) in [6.45, 7) is 10.0. The Balaban J connectivity index is 1.57.